The van der Waals surface area contributed by atoms with Crippen LogP contribution in [0.4, 0.5) is 5.82 Å². The fraction of sp³-hybridized carbons (Fsp3) is 0.692. The molecule has 1 aromatic heterocycles. The molecule has 1 saturated carbocycles. The molecule has 0 amide bonds. The van der Waals surface area contributed by atoms with E-state index in [4.69, 9.17) is 11.6 Å². The number of piperazine rings is 1. The highest BCUT2D eigenvalue weighted by Crippen LogP contribution is 2.26. The molecule has 19 heavy (non-hydrogen) atoms. The second-order valence-electron chi connectivity index (χ2n) is 5.33. The summed E-state index contributed by atoms with van der Waals surface area (Å²) in [6.45, 7) is 3.87. The van der Waals surface area contributed by atoms with E-state index in [0.29, 0.717) is 5.82 Å². The number of H-pyrrole nitrogens is 1. The second kappa shape index (κ2) is 5.51. The maximum Gasteiger partial charge on any atom is 0.271 e. The van der Waals surface area contributed by atoms with Gasteiger partial charge in [-0.15, -0.1) is 0 Å². The molecule has 2 heterocycles. The van der Waals surface area contributed by atoms with Crippen LogP contribution in [0.1, 0.15) is 25.7 Å². The number of hydrogen-bond acceptors (Lipinski definition) is 4. The lowest BCUT2D eigenvalue weighted by molar-refractivity contribution is 0.187. The van der Waals surface area contributed by atoms with Crippen LogP contribution < -0.4 is 10.5 Å². The molecule has 5 nitrogen and oxygen atoms in total. The maximum atomic E-state index is 11.5. The van der Waals surface area contributed by atoms with Crippen LogP contribution in [0.3, 0.4) is 0 Å². The zero-order chi connectivity index (χ0) is 13.2. The molecule has 2 aliphatic rings. The molecule has 104 valence electrons. The van der Waals surface area contributed by atoms with Crippen molar-refractivity contribution in [1.82, 2.24) is 14.9 Å². The Kier molecular flexibility index (Phi) is 3.75. The van der Waals surface area contributed by atoms with Gasteiger partial charge in [0.15, 0.2) is 5.82 Å². The van der Waals surface area contributed by atoms with Crippen molar-refractivity contribution in [2.75, 3.05) is 31.1 Å². The molecule has 2 fully saturated rings. The molecule has 1 aliphatic heterocycles. The van der Waals surface area contributed by atoms with Gasteiger partial charge < -0.3 is 9.88 Å². The molecule has 6 heteroatoms. The summed E-state index contributed by atoms with van der Waals surface area (Å²) < 4.78 is 0. The van der Waals surface area contributed by atoms with Gasteiger partial charge >= 0.3 is 0 Å². The summed E-state index contributed by atoms with van der Waals surface area (Å²) in [5.41, 5.74) is -0.259. The molecule has 3 rings (SSSR count). The minimum atomic E-state index is -0.259. The summed E-state index contributed by atoms with van der Waals surface area (Å²) in [6.07, 6.45) is 6.83. The average Bonchev–Trinajstić information content (AvgIpc) is 2.96. The van der Waals surface area contributed by atoms with Gasteiger partial charge in [-0.25, -0.2) is 4.98 Å². The van der Waals surface area contributed by atoms with Gasteiger partial charge in [0.05, 0.1) is 6.33 Å². The van der Waals surface area contributed by atoms with Crippen molar-refractivity contribution in [3.05, 3.63) is 21.7 Å². The first-order chi connectivity index (χ1) is 9.25. The van der Waals surface area contributed by atoms with Crippen LogP contribution in [0.25, 0.3) is 0 Å². The Bertz CT molecular complexity index is 490. The van der Waals surface area contributed by atoms with Gasteiger partial charge in [-0.3, -0.25) is 9.69 Å². The van der Waals surface area contributed by atoms with E-state index in [1.165, 1.54) is 32.0 Å². The summed E-state index contributed by atoms with van der Waals surface area (Å²) in [7, 11) is 0. The Labute approximate surface area is 117 Å². The van der Waals surface area contributed by atoms with E-state index >= 15 is 0 Å². The molecule has 0 bridgehead atoms. The third-order valence-electron chi connectivity index (χ3n) is 4.23. The average molecular weight is 283 g/mol. The minimum Gasteiger partial charge on any atom is -0.353 e. The van der Waals surface area contributed by atoms with Crippen LogP contribution in [-0.4, -0.2) is 47.1 Å². The number of anilines is 1. The van der Waals surface area contributed by atoms with E-state index in [1.54, 1.807) is 0 Å². The molecule has 0 atom stereocenters. The number of rotatable bonds is 2. The van der Waals surface area contributed by atoms with Gasteiger partial charge in [0.2, 0.25) is 0 Å². The van der Waals surface area contributed by atoms with Crippen LogP contribution in [0.15, 0.2) is 11.1 Å². The van der Waals surface area contributed by atoms with E-state index in [2.05, 4.69) is 19.8 Å². The normalized spacial score (nSPS) is 22.1. The van der Waals surface area contributed by atoms with Crippen molar-refractivity contribution >= 4 is 17.4 Å². The van der Waals surface area contributed by atoms with Gasteiger partial charge in [-0.05, 0) is 12.8 Å². The molecule has 0 radical (unpaired) electrons. The molecule has 0 unspecified atom stereocenters. The lowest BCUT2D eigenvalue weighted by Gasteiger charge is -2.38. The van der Waals surface area contributed by atoms with E-state index in [0.717, 1.165) is 32.2 Å². The zero-order valence-electron chi connectivity index (χ0n) is 10.9. The summed E-state index contributed by atoms with van der Waals surface area (Å²) in [5, 5.41) is 0.205. The van der Waals surface area contributed by atoms with E-state index in [9.17, 15) is 4.79 Å². The lowest BCUT2D eigenvalue weighted by Crippen LogP contribution is -2.50. The van der Waals surface area contributed by atoms with Gasteiger partial charge in [-0.1, -0.05) is 24.4 Å². The molecule has 1 saturated heterocycles. The van der Waals surface area contributed by atoms with Gasteiger partial charge in [0, 0.05) is 32.2 Å². The van der Waals surface area contributed by atoms with Crippen molar-refractivity contribution < 1.29 is 0 Å². The molecular weight excluding hydrogens is 264 g/mol. The largest absolute Gasteiger partial charge is 0.353 e. The topological polar surface area (TPSA) is 52.2 Å². The predicted octanol–water partition coefficient (Wildman–Crippen LogP) is 1.49. The van der Waals surface area contributed by atoms with Crippen molar-refractivity contribution in [1.29, 1.82) is 0 Å². The monoisotopic (exact) mass is 282 g/mol. The highest BCUT2D eigenvalue weighted by molar-refractivity contribution is 6.32. The summed E-state index contributed by atoms with van der Waals surface area (Å²) in [6, 6.07) is 0.768. The maximum absolute atomic E-state index is 11.5. The first kappa shape index (κ1) is 12.9. The van der Waals surface area contributed by atoms with Gasteiger partial charge in [0.1, 0.15) is 5.02 Å². The molecule has 1 N–H and O–H groups in total. The third-order valence-corrected chi connectivity index (χ3v) is 4.57. The second-order valence-corrected chi connectivity index (χ2v) is 5.71. The quantitative estimate of drug-likeness (QED) is 0.893. The predicted molar refractivity (Wildman–Crippen MR) is 75.9 cm³/mol. The number of aromatic amines is 1. The molecular formula is C13H19ClN4O. The SMILES string of the molecule is O=c1[nH]cnc(N2CCN(C3CCCC3)CC2)c1Cl. The van der Waals surface area contributed by atoms with Crippen LogP contribution in [0, 0.1) is 0 Å². The van der Waals surface area contributed by atoms with Crippen LogP contribution in [0.5, 0.6) is 0 Å². The van der Waals surface area contributed by atoms with E-state index in [-0.39, 0.29) is 10.6 Å². The van der Waals surface area contributed by atoms with Crippen LogP contribution in [-0.2, 0) is 0 Å². The first-order valence-electron chi connectivity index (χ1n) is 6.98. The Balaban J connectivity index is 1.66. The Morgan fingerprint density at radius 3 is 2.58 bits per heavy atom. The smallest absolute Gasteiger partial charge is 0.271 e. The van der Waals surface area contributed by atoms with Crippen molar-refractivity contribution in [3.8, 4) is 0 Å². The Morgan fingerprint density at radius 2 is 1.89 bits per heavy atom. The summed E-state index contributed by atoms with van der Waals surface area (Å²) in [5.74, 6) is 0.622. The van der Waals surface area contributed by atoms with Crippen LogP contribution in [0.2, 0.25) is 5.02 Å². The van der Waals surface area contributed by atoms with E-state index in [1.807, 2.05) is 0 Å². The first-order valence-corrected chi connectivity index (χ1v) is 7.35. The summed E-state index contributed by atoms with van der Waals surface area (Å²) in [4.78, 5) is 22.9. The Hall–Kier alpha value is -1.07. The molecule has 0 aromatic carbocycles. The standard InChI is InChI=1S/C13H19ClN4O/c14-11-12(15-9-16-13(11)19)18-7-5-17(6-8-18)10-3-1-2-4-10/h9-10H,1-8H2,(H,15,16,19). The number of hydrogen-bond donors (Lipinski definition) is 1. The van der Waals surface area contributed by atoms with Crippen molar-refractivity contribution in [2.45, 2.75) is 31.7 Å². The Morgan fingerprint density at radius 1 is 1.21 bits per heavy atom. The molecule has 1 aliphatic carbocycles. The van der Waals surface area contributed by atoms with Gasteiger partial charge in [-0.2, -0.15) is 0 Å². The number of nitrogens with zero attached hydrogens (tertiary/aromatic N) is 3. The van der Waals surface area contributed by atoms with Gasteiger partial charge in [0.25, 0.3) is 5.56 Å². The third kappa shape index (κ3) is 2.62. The molecule has 0 spiro atoms. The van der Waals surface area contributed by atoms with E-state index < -0.39 is 0 Å². The van der Waals surface area contributed by atoms with Crippen LogP contribution >= 0.6 is 11.6 Å². The number of aromatic nitrogens is 2. The zero-order valence-corrected chi connectivity index (χ0v) is 11.7. The van der Waals surface area contributed by atoms with Crippen molar-refractivity contribution in [3.63, 3.8) is 0 Å². The highest BCUT2D eigenvalue weighted by atomic mass is 35.5. The van der Waals surface area contributed by atoms with Crippen molar-refractivity contribution in [2.24, 2.45) is 0 Å². The summed E-state index contributed by atoms with van der Waals surface area (Å²) >= 11 is 6.03. The number of halogens is 1. The minimum absolute atomic E-state index is 0.205. The fourth-order valence-corrected chi connectivity index (χ4v) is 3.39. The highest BCUT2D eigenvalue weighted by Gasteiger charge is 2.27. The fourth-order valence-electron chi connectivity index (χ4n) is 3.16. The molecule has 1 aromatic rings. The number of nitrogens with one attached hydrogen (secondary N) is 1. The lowest BCUT2D eigenvalue weighted by atomic mass is 10.2.